The number of aliphatic hydroxyl groups is 1. The molecule has 0 unspecified atom stereocenters. The van der Waals surface area contributed by atoms with Crippen molar-refractivity contribution in [1.82, 2.24) is 0 Å². The number of aliphatic hydroxyl groups excluding tert-OH is 1. The molecular weight excluding hydrogens is 144 g/mol. The summed E-state index contributed by atoms with van der Waals surface area (Å²) >= 11 is 5.56. The molecule has 2 N–H and O–H groups in total. The molecule has 1 aliphatic rings. The molecular formula is C5H7ClO3. The summed E-state index contributed by atoms with van der Waals surface area (Å²) in [5, 5.41) is 16.8. The predicted molar refractivity (Wildman–Crippen MR) is 31.4 cm³/mol. The van der Waals surface area contributed by atoms with Gasteiger partial charge in [0, 0.05) is 0 Å². The van der Waals surface area contributed by atoms with Gasteiger partial charge >= 0.3 is 5.97 Å². The van der Waals surface area contributed by atoms with E-state index in [9.17, 15) is 4.79 Å². The van der Waals surface area contributed by atoms with Crippen molar-refractivity contribution in [3.05, 3.63) is 0 Å². The second kappa shape index (κ2) is 1.85. The minimum atomic E-state index is -0.918. The van der Waals surface area contributed by atoms with Crippen molar-refractivity contribution < 1.29 is 15.0 Å². The van der Waals surface area contributed by atoms with E-state index in [0.717, 1.165) is 0 Å². The lowest BCUT2D eigenvalue weighted by Gasteiger charge is -1.98. The summed E-state index contributed by atoms with van der Waals surface area (Å²) in [7, 11) is 0. The minimum absolute atomic E-state index is 0.245. The summed E-state index contributed by atoms with van der Waals surface area (Å²) in [4.78, 5) is 9.30. The van der Waals surface area contributed by atoms with Crippen LogP contribution in [-0.4, -0.2) is 27.7 Å². The van der Waals surface area contributed by atoms with E-state index in [0.29, 0.717) is 6.42 Å². The Morgan fingerprint density at radius 1 is 1.89 bits per heavy atom. The van der Waals surface area contributed by atoms with Gasteiger partial charge < -0.3 is 10.2 Å². The van der Waals surface area contributed by atoms with Gasteiger partial charge in [-0.05, 0) is 6.42 Å². The Kier molecular flexibility index (Phi) is 1.41. The summed E-state index contributed by atoms with van der Waals surface area (Å²) in [6, 6.07) is 0. The molecule has 1 rings (SSSR count). The topological polar surface area (TPSA) is 57.5 Å². The lowest BCUT2D eigenvalue weighted by atomic mass is 10.3. The Morgan fingerprint density at radius 3 is 2.56 bits per heavy atom. The van der Waals surface area contributed by atoms with Crippen LogP contribution >= 0.6 is 11.6 Å². The van der Waals surface area contributed by atoms with Crippen LogP contribution in [0.5, 0.6) is 0 Å². The van der Waals surface area contributed by atoms with Gasteiger partial charge in [0.1, 0.15) is 0 Å². The summed E-state index contributed by atoms with van der Waals surface area (Å²) in [5.41, 5.74) is 0. The standard InChI is InChI=1S/C5H7ClO3/c6-5(2-7)1-3(5)4(8)9/h3,7H,1-2H2,(H,8,9)/t3-,5-/m0/s1. The van der Waals surface area contributed by atoms with E-state index in [1.807, 2.05) is 0 Å². The number of hydrogen-bond acceptors (Lipinski definition) is 2. The zero-order valence-electron chi connectivity index (χ0n) is 4.67. The molecule has 1 fully saturated rings. The number of carboxylic acids is 1. The van der Waals surface area contributed by atoms with Gasteiger partial charge in [0.25, 0.3) is 0 Å². The Bertz CT molecular complexity index is 147. The number of rotatable bonds is 2. The first kappa shape index (κ1) is 6.83. The lowest BCUT2D eigenvalue weighted by molar-refractivity contribution is -0.138. The number of alkyl halides is 1. The quantitative estimate of drug-likeness (QED) is 0.548. The fourth-order valence-corrected chi connectivity index (χ4v) is 1.01. The van der Waals surface area contributed by atoms with Crippen LogP contribution in [-0.2, 0) is 4.79 Å². The fourth-order valence-electron chi connectivity index (χ4n) is 0.764. The Hall–Kier alpha value is -0.280. The van der Waals surface area contributed by atoms with Gasteiger partial charge in [-0.1, -0.05) is 0 Å². The van der Waals surface area contributed by atoms with Gasteiger partial charge in [-0.2, -0.15) is 0 Å². The first-order valence-electron chi connectivity index (χ1n) is 2.63. The highest BCUT2D eigenvalue weighted by Crippen LogP contribution is 2.49. The number of aliphatic carboxylic acids is 1. The average molecular weight is 151 g/mol. The largest absolute Gasteiger partial charge is 0.481 e. The van der Waals surface area contributed by atoms with Crippen LogP contribution in [0.3, 0.4) is 0 Å². The Labute approximate surface area is 57.2 Å². The van der Waals surface area contributed by atoms with E-state index in [1.54, 1.807) is 0 Å². The van der Waals surface area contributed by atoms with Crippen molar-refractivity contribution in [2.75, 3.05) is 6.61 Å². The Balaban J connectivity index is 2.48. The molecule has 1 aliphatic carbocycles. The van der Waals surface area contributed by atoms with Crippen molar-refractivity contribution in [3.63, 3.8) is 0 Å². The maximum Gasteiger partial charge on any atom is 0.308 e. The zero-order chi connectivity index (χ0) is 7.07. The number of carboxylic acid groups (broad SMARTS) is 1. The molecule has 0 aromatic rings. The van der Waals surface area contributed by atoms with Crippen LogP contribution in [0, 0.1) is 5.92 Å². The molecule has 0 aromatic carbocycles. The summed E-state index contributed by atoms with van der Waals surface area (Å²) in [6.45, 7) is -0.245. The summed E-state index contributed by atoms with van der Waals surface area (Å²) in [6.07, 6.45) is 0.389. The van der Waals surface area contributed by atoms with Crippen LogP contribution in [0.1, 0.15) is 6.42 Å². The molecule has 9 heavy (non-hydrogen) atoms. The molecule has 1 saturated carbocycles. The molecule has 0 heterocycles. The number of carbonyl (C=O) groups is 1. The summed E-state index contributed by atoms with van der Waals surface area (Å²) in [5.74, 6) is -1.46. The average Bonchev–Trinajstić information content (AvgIpc) is 2.44. The molecule has 0 aliphatic heterocycles. The molecule has 3 nitrogen and oxygen atoms in total. The first-order valence-corrected chi connectivity index (χ1v) is 3.00. The van der Waals surface area contributed by atoms with Crippen molar-refractivity contribution in [3.8, 4) is 0 Å². The van der Waals surface area contributed by atoms with Gasteiger partial charge in [-0.25, -0.2) is 0 Å². The van der Waals surface area contributed by atoms with Crippen LogP contribution < -0.4 is 0 Å². The maximum atomic E-state index is 10.1. The van der Waals surface area contributed by atoms with E-state index in [4.69, 9.17) is 21.8 Å². The highest BCUT2D eigenvalue weighted by molar-refractivity contribution is 6.28. The van der Waals surface area contributed by atoms with E-state index >= 15 is 0 Å². The van der Waals surface area contributed by atoms with Crippen LogP contribution in [0.25, 0.3) is 0 Å². The monoisotopic (exact) mass is 150 g/mol. The number of hydrogen-bond donors (Lipinski definition) is 2. The van der Waals surface area contributed by atoms with Crippen molar-refractivity contribution in [2.24, 2.45) is 5.92 Å². The molecule has 2 atom stereocenters. The third-order valence-corrected chi connectivity index (χ3v) is 2.11. The Morgan fingerprint density at radius 2 is 2.44 bits per heavy atom. The normalized spacial score (nSPS) is 40.4. The maximum absolute atomic E-state index is 10.1. The fraction of sp³-hybridized carbons (Fsp3) is 0.800. The van der Waals surface area contributed by atoms with Gasteiger partial charge in [-0.3, -0.25) is 4.79 Å². The van der Waals surface area contributed by atoms with Crippen LogP contribution in [0.2, 0.25) is 0 Å². The van der Waals surface area contributed by atoms with Gasteiger partial charge in [0.2, 0.25) is 0 Å². The predicted octanol–water partition coefficient (Wildman–Crippen LogP) is 0.0608. The third-order valence-electron chi connectivity index (χ3n) is 1.57. The van der Waals surface area contributed by atoms with Crippen LogP contribution in [0.15, 0.2) is 0 Å². The van der Waals surface area contributed by atoms with Gasteiger partial charge in [0.15, 0.2) is 0 Å². The lowest BCUT2D eigenvalue weighted by Crippen LogP contribution is -2.13. The highest BCUT2D eigenvalue weighted by Gasteiger charge is 2.57. The van der Waals surface area contributed by atoms with E-state index in [-0.39, 0.29) is 6.61 Å². The smallest absolute Gasteiger partial charge is 0.308 e. The van der Waals surface area contributed by atoms with Crippen molar-refractivity contribution >= 4 is 17.6 Å². The van der Waals surface area contributed by atoms with Crippen molar-refractivity contribution in [1.29, 1.82) is 0 Å². The van der Waals surface area contributed by atoms with Crippen LogP contribution in [0.4, 0.5) is 0 Å². The highest BCUT2D eigenvalue weighted by atomic mass is 35.5. The molecule has 0 bridgehead atoms. The third kappa shape index (κ3) is 1.02. The van der Waals surface area contributed by atoms with Gasteiger partial charge in [-0.15, -0.1) is 11.6 Å². The molecule has 0 spiro atoms. The van der Waals surface area contributed by atoms with E-state index in [1.165, 1.54) is 0 Å². The zero-order valence-corrected chi connectivity index (χ0v) is 5.43. The van der Waals surface area contributed by atoms with Crippen molar-refractivity contribution in [2.45, 2.75) is 11.3 Å². The second-order valence-corrected chi connectivity index (χ2v) is 3.04. The molecule has 4 heteroatoms. The van der Waals surface area contributed by atoms with E-state index in [2.05, 4.69) is 0 Å². The first-order chi connectivity index (χ1) is 4.10. The van der Waals surface area contributed by atoms with Gasteiger partial charge in [0.05, 0.1) is 17.4 Å². The SMILES string of the molecule is O=C(O)[C@@H]1C[C@]1(Cl)CO. The minimum Gasteiger partial charge on any atom is -0.481 e. The number of halogens is 1. The molecule has 0 saturated heterocycles. The second-order valence-electron chi connectivity index (χ2n) is 2.29. The molecule has 0 amide bonds. The molecule has 0 radical (unpaired) electrons. The molecule has 0 aromatic heterocycles. The van der Waals surface area contributed by atoms with E-state index < -0.39 is 16.8 Å². The molecule has 52 valence electrons. The summed E-state index contributed by atoms with van der Waals surface area (Å²) < 4.78 is 0.